The summed E-state index contributed by atoms with van der Waals surface area (Å²) in [5, 5.41) is 9.11. The molecule has 2 heterocycles. The summed E-state index contributed by atoms with van der Waals surface area (Å²) >= 11 is 0. The number of nitrogens with zero attached hydrogens (tertiary/aromatic N) is 5. The lowest BCUT2D eigenvalue weighted by atomic mass is 9.96. The molecule has 0 spiro atoms. The summed E-state index contributed by atoms with van der Waals surface area (Å²) in [6, 6.07) is 0. The molecule has 0 aromatic carbocycles. The van der Waals surface area contributed by atoms with Gasteiger partial charge >= 0.3 is 12.1 Å². The standard InChI is InChI=1S/C14H20F3N5O2/c1-7(2)10-18-12(21(3)4)20-13(19-10)22-5-8(11(23)24)9(6-22)14(15,16)17/h7-9H,5-6H2,1-4H3,(H,23,24)/t8-,9-/m1/s1. The molecule has 2 atom stereocenters. The fraction of sp³-hybridized carbons (Fsp3) is 0.714. The van der Waals surface area contributed by atoms with Crippen LogP contribution in [0.15, 0.2) is 0 Å². The van der Waals surface area contributed by atoms with Crippen LogP contribution in [-0.4, -0.2) is 59.4 Å². The molecular formula is C14H20F3N5O2. The van der Waals surface area contributed by atoms with E-state index in [1.165, 1.54) is 4.90 Å². The lowest BCUT2D eigenvalue weighted by Crippen LogP contribution is -2.33. The van der Waals surface area contributed by atoms with Crippen LogP contribution in [0.4, 0.5) is 25.1 Å². The van der Waals surface area contributed by atoms with Crippen molar-refractivity contribution in [2.45, 2.75) is 25.9 Å². The number of halogens is 3. The Morgan fingerprint density at radius 1 is 1.25 bits per heavy atom. The quantitative estimate of drug-likeness (QED) is 0.888. The molecule has 1 saturated heterocycles. The molecule has 10 heteroatoms. The van der Waals surface area contributed by atoms with Crippen LogP contribution in [0.25, 0.3) is 0 Å². The molecule has 0 unspecified atom stereocenters. The van der Waals surface area contributed by atoms with E-state index >= 15 is 0 Å². The monoisotopic (exact) mass is 347 g/mol. The van der Waals surface area contributed by atoms with Crippen molar-refractivity contribution in [3.63, 3.8) is 0 Å². The van der Waals surface area contributed by atoms with Gasteiger partial charge in [0.15, 0.2) is 0 Å². The molecule has 0 saturated carbocycles. The maximum atomic E-state index is 13.1. The van der Waals surface area contributed by atoms with Crippen LogP contribution < -0.4 is 9.80 Å². The maximum absolute atomic E-state index is 13.1. The number of rotatable bonds is 4. The van der Waals surface area contributed by atoms with Gasteiger partial charge in [-0.2, -0.15) is 28.1 Å². The smallest absolute Gasteiger partial charge is 0.394 e. The first-order valence-electron chi connectivity index (χ1n) is 7.48. The van der Waals surface area contributed by atoms with E-state index in [0.717, 1.165) is 0 Å². The minimum atomic E-state index is -4.59. The Bertz CT molecular complexity index is 595. The van der Waals surface area contributed by atoms with Gasteiger partial charge < -0.3 is 14.9 Å². The first kappa shape index (κ1) is 18.2. The molecule has 1 fully saturated rings. The zero-order valence-electron chi connectivity index (χ0n) is 13.9. The third-order valence-electron chi connectivity index (χ3n) is 3.89. The molecule has 2 rings (SSSR count). The number of carboxylic acid groups (broad SMARTS) is 1. The average Bonchev–Trinajstić information content (AvgIpc) is 2.92. The minimum absolute atomic E-state index is 0.0401. The number of carbonyl (C=O) groups is 1. The van der Waals surface area contributed by atoms with Crippen molar-refractivity contribution in [3.05, 3.63) is 5.82 Å². The third-order valence-corrected chi connectivity index (χ3v) is 3.89. The summed E-state index contributed by atoms with van der Waals surface area (Å²) in [5.41, 5.74) is 0. The Labute approximate surface area is 137 Å². The lowest BCUT2D eigenvalue weighted by Gasteiger charge is -2.20. The van der Waals surface area contributed by atoms with Crippen molar-refractivity contribution in [2.75, 3.05) is 37.0 Å². The number of aromatic nitrogens is 3. The largest absolute Gasteiger partial charge is 0.481 e. The molecule has 7 nitrogen and oxygen atoms in total. The van der Waals surface area contributed by atoms with E-state index < -0.39 is 30.5 Å². The van der Waals surface area contributed by atoms with Crippen molar-refractivity contribution in [1.29, 1.82) is 0 Å². The Morgan fingerprint density at radius 3 is 2.29 bits per heavy atom. The molecule has 0 aliphatic carbocycles. The summed E-state index contributed by atoms with van der Waals surface area (Å²) in [6.07, 6.45) is -4.59. The van der Waals surface area contributed by atoms with Gasteiger partial charge in [-0.1, -0.05) is 13.8 Å². The van der Waals surface area contributed by atoms with Gasteiger partial charge in [0.2, 0.25) is 11.9 Å². The third kappa shape index (κ3) is 3.68. The van der Waals surface area contributed by atoms with Crippen LogP contribution in [0.1, 0.15) is 25.6 Å². The molecule has 24 heavy (non-hydrogen) atoms. The van der Waals surface area contributed by atoms with Gasteiger partial charge in [0, 0.05) is 33.1 Å². The molecule has 1 aliphatic heterocycles. The summed E-state index contributed by atoms with van der Waals surface area (Å²) in [6.45, 7) is 2.96. The number of hydrogen-bond acceptors (Lipinski definition) is 6. The van der Waals surface area contributed by atoms with E-state index in [4.69, 9.17) is 5.11 Å². The minimum Gasteiger partial charge on any atom is -0.481 e. The highest BCUT2D eigenvalue weighted by molar-refractivity contribution is 5.72. The normalized spacial score (nSPS) is 21.4. The summed E-state index contributed by atoms with van der Waals surface area (Å²) in [7, 11) is 3.43. The van der Waals surface area contributed by atoms with Gasteiger partial charge in [-0.3, -0.25) is 4.79 Å². The van der Waals surface area contributed by atoms with Crippen molar-refractivity contribution in [3.8, 4) is 0 Å². The SMILES string of the molecule is CC(C)c1nc(N(C)C)nc(N2C[C@@H](C(F)(F)F)[C@H](C(=O)O)C2)n1. The Kier molecular flexibility index (Phi) is 4.86. The maximum Gasteiger partial charge on any atom is 0.394 e. The van der Waals surface area contributed by atoms with Crippen molar-refractivity contribution >= 4 is 17.9 Å². The molecule has 134 valence electrons. The zero-order valence-corrected chi connectivity index (χ0v) is 13.9. The van der Waals surface area contributed by atoms with Gasteiger partial charge in [-0.05, 0) is 0 Å². The molecular weight excluding hydrogens is 327 g/mol. The van der Waals surface area contributed by atoms with Crippen LogP contribution in [0.5, 0.6) is 0 Å². The Hall–Kier alpha value is -2.13. The topological polar surface area (TPSA) is 82.5 Å². The van der Waals surface area contributed by atoms with Gasteiger partial charge in [0.05, 0.1) is 11.8 Å². The second-order valence-corrected chi connectivity index (χ2v) is 6.34. The van der Waals surface area contributed by atoms with E-state index in [0.29, 0.717) is 11.8 Å². The van der Waals surface area contributed by atoms with Gasteiger partial charge in [-0.15, -0.1) is 0 Å². The molecule has 0 bridgehead atoms. The highest BCUT2D eigenvalue weighted by Crippen LogP contribution is 2.39. The highest BCUT2D eigenvalue weighted by Gasteiger charge is 2.53. The number of aliphatic carboxylic acids is 1. The molecule has 0 amide bonds. The van der Waals surface area contributed by atoms with Crippen LogP contribution in [0, 0.1) is 11.8 Å². The number of hydrogen-bond donors (Lipinski definition) is 1. The first-order chi connectivity index (χ1) is 11.0. The first-order valence-corrected chi connectivity index (χ1v) is 7.48. The highest BCUT2D eigenvalue weighted by atomic mass is 19.4. The van der Waals surface area contributed by atoms with Gasteiger partial charge in [0.25, 0.3) is 0 Å². The zero-order chi connectivity index (χ0) is 18.2. The van der Waals surface area contributed by atoms with Crippen molar-refractivity contribution in [1.82, 2.24) is 15.0 Å². The molecule has 1 aliphatic rings. The molecule has 0 radical (unpaired) electrons. The lowest BCUT2D eigenvalue weighted by molar-refractivity contribution is -0.187. The fourth-order valence-electron chi connectivity index (χ4n) is 2.52. The number of alkyl halides is 3. The van der Waals surface area contributed by atoms with E-state index in [1.54, 1.807) is 19.0 Å². The van der Waals surface area contributed by atoms with E-state index in [1.807, 2.05) is 13.8 Å². The Balaban J connectivity index is 2.39. The van der Waals surface area contributed by atoms with Gasteiger partial charge in [-0.25, -0.2) is 0 Å². The summed E-state index contributed by atoms with van der Waals surface area (Å²) in [5.74, 6) is -4.14. The number of carboxylic acids is 1. The second-order valence-electron chi connectivity index (χ2n) is 6.34. The van der Waals surface area contributed by atoms with Crippen LogP contribution in [-0.2, 0) is 4.79 Å². The van der Waals surface area contributed by atoms with E-state index in [9.17, 15) is 18.0 Å². The van der Waals surface area contributed by atoms with E-state index in [-0.39, 0.29) is 18.4 Å². The predicted octanol–water partition coefficient (Wildman–Crippen LogP) is 1.76. The van der Waals surface area contributed by atoms with Gasteiger partial charge in [0.1, 0.15) is 5.82 Å². The van der Waals surface area contributed by atoms with Crippen LogP contribution in [0.2, 0.25) is 0 Å². The van der Waals surface area contributed by atoms with E-state index in [2.05, 4.69) is 15.0 Å². The average molecular weight is 347 g/mol. The summed E-state index contributed by atoms with van der Waals surface area (Å²) in [4.78, 5) is 26.8. The molecule has 1 aromatic rings. The fourth-order valence-corrected chi connectivity index (χ4v) is 2.52. The Morgan fingerprint density at radius 2 is 1.88 bits per heavy atom. The predicted molar refractivity (Wildman–Crippen MR) is 81.1 cm³/mol. The van der Waals surface area contributed by atoms with Crippen LogP contribution >= 0.6 is 0 Å². The molecule has 1 aromatic heterocycles. The van der Waals surface area contributed by atoms with Crippen molar-refractivity contribution in [2.24, 2.45) is 11.8 Å². The number of anilines is 2. The molecule has 1 N–H and O–H groups in total. The second kappa shape index (κ2) is 6.40. The van der Waals surface area contributed by atoms with Crippen LogP contribution in [0.3, 0.4) is 0 Å². The van der Waals surface area contributed by atoms with Crippen molar-refractivity contribution < 1.29 is 23.1 Å². The summed E-state index contributed by atoms with van der Waals surface area (Å²) < 4.78 is 39.4.